The zero-order chi connectivity index (χ0) is 10.7. The fraction of sp³-hybridized carbons (Fsp3) is 0.545. The standard InChI is InChI=1S/C11H16ClIN2/c1-15-6-3-13(4-7-15)9-11-8-10(12)2-5-14-11/h2,5,8H,3-4,6-7,9H2,1H3. The molecule has 1 saturated heterocycles. The maximum atomic E-state index is 5.95. The molecule has 1 aromatic heterocycles. The second kappa shape index (κ2) is 5.46. The van der Waals surface area contributed by atoms with Crippen molar-refractivity contribution < 1.29 is 0 Å². The average Bonchev–Trinajstić information content (AvgIpc) is 2.22. The molecule has 2 nitrogen and oxygen atoms in total. The molecule has 15 heavy (non-hydrogen) atoms. The van der Waals surface area contributed by atoms with E-state index in [-0.39, 0.29) is 0 Å². The summed E-state index contributed by atoms with van der Waals surface area (Å²) in [6.07, 6.45) is 1.82. The van der Waals surface area contributed by atoms with Crippen LogP contribution in [0.1, 0.15) is 5.69 Å². The van der Waals surface area contributed by atoms with Gasteiger partial charge in [0.15, 0.2) is 0 Å². The molecule has 0 spiro atoms. The van der Waals surface area contributed by atoms with Crippen LogP contribution in [0.25, 0.3) is 0 Å². The fourth-order valence-corrected chi connectivity index (χ4v) is 7.60. The summed E-state index contributed by atoms with van der Waals surface area (Å²) in [5.74, 6) is 0. The van der Waals surface area contributed by atoms with Gasteiger partial charge in [-0.05, 0) is 0 Å². The molecule has 0 aliphatic carbocycles. The summed E-state index contributed by atoms with van der Waals surface area (Å²) >= 11 is 5.21. The summed E-state index contributed by atoms with van der Waals surface area (Å²) < 4.78 is 4.11. The predicted molar refractivity (Wildman–Crippen MR) is 74.2 cm³/mol. The summed E-state index contributed by atoms with van der Waals surface area (Å²) in [5.41, 5.74) is 1.21. The Labute approximate surface area is 103 Å². The zero-order valence-electron chi connectivity index (χ0n) is 8.92. The van der Waals surface area contributed by atoms with E-state index < -0.39 is 19.8 Å². The molecule has 1 fully saturated rings. The third-order valence-corrected chi connectivity index (χ3v) is 8.68. The minimum absolute atomic E-state index is 0.749. The molecule has 0 aromatic carbocycles. The van der Waals surface area contributed by atoms with E-state index in [4.69, 9.17) is 11.6 Å². The second-order valence-electron chi connectivity index (χ2n) is 3.85. The molecular formula is C11H16ClIN2. The Morgan fingerprint density at radius 3 is 2.87 bits per heavy atom. The molecule has 0 radical (unpaired) electrons. The van der Waals surface area contributed by atoms with E-state index in [2.05, 4.69) is 16.9 Å². The van der Waals surface area contributed by atoms with Crippen molar-refractivity contribution in [3.05, 3.63) is 29.0 Å². The Morgan fingerprint density at radius 1 is 1.47 bits per heavy atom. The first-order valence-corrected chi connectivity index (χ1v) is 10.1. The zero-order valence-corrected chi connectivity index (χ0v) is 11.8. The molecule has 0 atom stereocenters. The molecule has 0 amide bonds. The van der Waals surface area contributed by atoms with Crippen LogP contribution in [0.15, 0.2) is 18.3 Å². The maximum absolute atomic E-state index is 5.95. The van der Waals surface area contributed by atoms with Gasteiger partial charge in [0.05, 0.1) is 0 Å². The van der Waals surface area contributed by atoms with E-state index in [0.717, 1.165) is 5.02 Å². The Morgan fingerprint density at radius 2 is 2.20 bits per heavy atom. The van der Waals surface area contributed by atoms with Crippen molar-refractivity contribution in [3.8, 4) is 0 Å². The number of hydrogen-bond donors (Lipinski definition) is 0. The minimum atomic E-state index is -0.749. The van der Waals surface area contributed by atoms with Crippen molar-refractivity contribution in [2.24, 2.45) is 0 Å². The van der Waals surface area contributed by atoms with Gasteiger partial charge in [0, 0.05) is 0 Å². The third-order valence-electron chi connectivity index (χ3n) is 2.57. The van der Waals surface area contributed by atoms with Crippen LogP contribution in [0, 0.1) is 0 Å². The van der Waals surface area contributed by atoms with Crippen LogP contribution >= 0.6 is 31.4 Å². The number of nitrogens with zero attached hydrogens (tertiary/aromatic N) is 2. The monoisotopic (exact) mass is 338 g/mol. The van der Waals surface area contributed by atoms with Crippen LogP contribution in [0.2, 0.25) is 5.02 Å². The molecule has 1 aliphatic rings. The van der Waals surface area contributed by atoms with Gasteiger partial charge >= 0.3 is 104 Å². The number of alkyl halides is 3. The molecule has 0 unspecified atom stereocenters. The SMILES string of the molecule is CN1CCI(Cc2cc(Cl)ccn2)CC1. The van der Waals surface area contributed by atoms with Gasteiger partial charge in [-0.1, -0.05) is 0 Å². The molecule has 1 aliphatic heterocycles. The van der Waals surface area contributed by atoms with Gasteiger partial charge in [0.25, 0.3) is 0 Å². The van der Waals surface area contributed by atoms with Crippen molar-refractivity contribution >= 4 is 31.4 Å². The van der Waals surface area contributed by atoms with Gasteiger partial charge in [-0.3, -0.25) is 0 Å². The normalized spacial score (nSPS) is 20.5. The molecule has 4 heteroatoms. The summed E-state index contributed by atoms with van der Waals surface area (Å²) in [6, 6.07) is 3.88. The van der Waals surface area contributed by atoms with Crippen LogP contribution in [0.3, 0.4) is 0 Å². The summed E-state index contributed by atoms with van der Waals surface area (Å²) in [5, 5.41) is 0.824. The second-order valence-corrected chi connectivity index (χ2v) is 10.4. The number of halogens is 2. The van der Waals surface area contributed by atoms with Gasteiger partial charge in [0.2, 0.25) is 0 Å². The molecule has 1 aromatic rings. The van der Waals surface area contributed by atoms with Gasteiger partial charge in [-0.15, -0.1) is 0 Å². The van der Waals surface area contributed by atoms with Crippen LogP contribution in [-0.4, -0.2) is 38.9 Å². The first-order chi connectivity index (χ1) is 7.24. The van der Waals surface area contributed by atoms with Crippen LogP contribution in [0.4, 0.5) is 0 Å². The average molecular weight is 339 g/mol. The topological polar surface area (TPSA) is 16.1 Å². The Hall–Kier alpha value is 0.130. The molecule has 0 saturated carbocycles. The van der Waals surface area contributed by atoms with Gasteiger partial charge in [-0.25, -0.2) is 0 Å². The molecule has 0 N–H and O–H groups in total. The van der Waals surface area contributed by atoms with E-state index in [1.54, 1.807) is 0 Å². The Kier molecular flexibility index (Phi) is 4.22. The van der Waals surface area contributed by atoms with E-state index in [1.165, 1.54) is 32.1 Å². The third kappa shape index (κ3) is 3.57. The summed E-state index contributed by atoms with van der Waals surface area (Å²) in [4.78, 5) is 6.82. The van der Waals surface area contributed by atoms with Gasteiger partial charge in [0.1, 0.15) is 0 Å². The molecule has 0 bridgehead atoms. The van der Waals surface area contributed by atoms with Crippen molar-refractivity contribution in [1.29, 1.82) is 0 Å². The number of hydrogen-bond acceptors (Lipinski definition) is 2. The van der Waals surface area contributed by atoms with E-state index >= 15 is 0 Å². The number of rotatable bonds is 2. The molecule has 2 rings (SSSR count). The van der Waals surface area contributed by atoms with E-state index in [0.29, 0.717) is 0 Å². The van der Waals surface area contributed by atoms with Crippen molar-refractivity contribution in [3.63, 3.8) is 0 Å². The van der Waals surface area contributed by atoms with E-state index in [9.17, 15) is 0 Å². The molecule has 84 valence electrons. The quantitative estimate of drug-likeness (QED) is 0.609. The summed E-state index contributed by atoms with van der Waals surface area (Å²) in [6.45, 7) is 2.57. The Bertz CT molecular complexity index is 324. The fourth-order valence-electron chi connectivity index (χ4n) is 1.58. The first-order valence-electron chi connectivity index (χ1n) is 5.11. The van der Waals surface area contributed by atoms with E-state index in [1.807, 2.05) is 18.3 Å². The molecular weight excluding hydrogens is 322 g/mol. The van der Waals surface area contributed by atoms with Crippen molar-refractivity contribution in [2.75, 3.05) is 29.0 Å². The predicted octanol–water partition coefficient (Wildman–Crippen LogP) is 2.69. The van der Waals surface area contributed by atoms with Crippen molar-refractivity contribution in [1.82, 2.24) is 9.88 Å². The molecule has 2 heterocycles. The van der Waals surface area contributed by atoms with Gasteiger partial charge in [-0.2, -0.15) is 0 Å². The number of pyridine rings is 1. The number of aromatic nitrogens is 1. The van der Waals surface area contributed by atoms with Crippen LogP contribution < -0.4 is 0 Å². The van der Waals surface area contributed by atoms with Crippen LogP contribution in [0.5, 0.6) is 0 Å². The van der Waals surface area contributed by atoms with Crippen molar-refractivity contribution in [2.45, 2.75) is 4.43 Å². The summed E-state index contributed by atoms with van der Waals surface area (Å²) in [7, 11) is 2.21. The van der Waals surface area contributed by atoms with Gasteiger partial charge < -0.3 is 0 Å². The van der Waals surface area contributed by atoms with Crippen LogP contribution in [-0.2, 0) is 4.43 Å². The first kappa shape index (κ1) is 11.6. The Balaban J connectivity index is 1.92.